The zero-order chi connectivity index (χ0) is 14.9. The summed E-state index contributed by atoms with van der Waals surface area (Å²) in [5.41, 5.74) is 7.42. The molecule has 3 rings (SSSR count). The van der Waals surface area contributed by atoms with Crippen molar-refractivity contribution in [2.24, 2.45) is 11.7 Å². The van der Waals surface area contributed by atoms with Crippen LogP contribution in [0, 0.1) is 5.92 Å². The number of carbonyl (C=O) groups excluding carboxylic acids is 1. The van der Waals surface area contributed by atoms with E-state index in [2.05, 4.69) is 29.3 Å². The summed E-state index contributed by atoms with van der Waals surface area (Å²) in [6, 6.07) is 8.16. The summed E-state index contributed by atoms with van der Waals surface area (Å²) in [5, 5.41) is 2.90. The average Bonchev–Trinajstić information content (AvgIpc) is 3.20. The molecule has 0 radical (unpaired) electrons. The Labute approximate surface area is 126 Å². The minimum atomic E-state index is -0.609. The third kappa shape index (κ3) is 3.63. The Hall–Kier alpha value is -1.39. The van der Waals surface area contributed by atoms with Crippen LogP contribution in [0.5, 0.6) is 0 Å². The first-order chi connectivity index (χ1) is 10.0. The molecule has 0 bridgehead atoms. The van der Waals surface area contributed by atoms with Crippen LogP contribution in [-0.2, 0) is 11.3 Å². The Morgan fingerprint density at radius 1 is 1.38 bits per heavy atom. The van der Waals surface area contributed by atoms with Crippen molar-refractivity contribution >= 4 is 11.6 Å². The number of piperidine rings is 1. The number of hydrogen-bond acceptors (Lipinski definition) is 3. The van der Waals surface area contributed by atoms with Gasteiger partial charge >= 0.3 is 0 Å². The fourth-order valence-electron chi connectivity index (χ4n) is 3.00. The fourth-order valence-corrected chi connectivity index (χ4v) is 3.00. The molecule has 0 spiro atoms. The van der Waals surface area contributed by atoms with Crippen LogP contribution in [0.3, 0.4) is 0 Å². The van der Waals surface area contributed by atoms with Crippen LogP contribution in [0.25, 0.3) is 0 Å². The molecule has 1 atom stereocenters. The number of hydrogen-bond donors (Lipinski definition) is 2. The van der Waals surface area contributed by atoms with Crippen molar-refractivity contribution in [3.05, 3.63) is 29.8 Å². The quantitative estimate of drug-likeness (QED) is 0.893. The van der Waals surface area contributed by atoms with Crippen molar-refractivity contribution in [3.63, 3.8) is 0 Å². The zero-order valence-corrected chi connectivity index (χ0v) is 12.8. The van der Waals surface area contributed by atoms with E-state index in [-0.39, 0.29) is 5.91 Å². The molecule has 21 heavy (non-hydrogen) atoms. The predicted octanol–water partition coefficient (Wildman–Crippen LogP) is 2.35. The third-order valence-electron chi connectivity index (χ3n) is 4.60. The van der Waals surface area contributed by atoms with E-state index in [0.717, 1.165) is 31.0 Å². The Morgan fingerprint density at radius 3 is 2.71 bits per heavy atom. The smallest absolute Gasteiger partial charge is 0.244 e. The van der Waals surface area contributed by atoms with E-state index in [9.17, 15) is 4.79 Å². The van der Waals surface area contributed by atoms with Gasteiger partial charge in [-0.3, -0.25) is 9.69 Å². The monoisotopic (exact) mass is 287 g/mol. The van der Waals surface area contributed by atoms with E-state index in [1.807, 2.05) is 12.1 Å². The van der Waals surface area contributed by atoms with Crippen molar-refractivity contribution in [2.75, 3.05) is 18.4 Å². The maximum Gasteiger partial charge on any atom is 0.244 e. The second kappa shape index (κ2) is 5.78. The SMILES string of the molecule is CC1CCCN(Cc2ccc(NC(=O)C3(N)CC3)cc2)C1. The molecule has 1 aliphatic heterocycles. The maximum atomic E-state index is 11.9. The van der Waals surface area contributed by atoms with Gasteiger partial charge in [0.2, 0.25) is 5.91 Å². The van der Waals surface area contributed by atoms with Crippen LogP contribution >= 0.6 is 0 Å². The van der Waals surface area contributed by atoms with Crippen LogP contribution in [0.1, 0.15) is 38.2 Å². The molecule has 1 heterocycles. The summed E-state index contributed by atoms with van der Waals surface area (Å²) in [6.45, 7) is 5.71. The van der Waals surface area contributed by atoms with Crippen LogP contribution in [0.15, 0.2) is 24.3 Å². The molecule has 1 aromatic rings. The van der Waals surface area contributed by atoms with Crippen molar-refractivity contribution in [1.82, 2.24) is 4.90 Å². The van der Waals surface area contributed by atoms with Gasteiger partial charge in [0.1, 0.15) is 0 Å². The lowest BCUT2D eigenvalue weighted by molar-refractivity contribution is -0.118. The summed E-state index contributed by atoms with van der Waals surface area (Å²) in [4.78, 5) is 14.4. The first-order valence-electron chi connectivity index (χ1n) is 7.97. The van der Waals surface area contributed by atoms with Gasteiger partial charge in [-0.15, -0.1) is 0 Å². The number of rotatable bonds is 4. The number of anilines is 1. The van der Waals surface area contributed by atoms with Crippen molar-refractivity contribution in [1.29, 1.82) is 0 Å². The van der Waals surface area contributed by atoms with Gasteiger partial charge in [0.25, 0.3) is 0 Å². The molecule has 1 amide bonds. The molecule has 1 aromatic carbocycles. The summed E-state index contributed by atoms with van der Waals surface area (Å²) in [6.07, 6.45) is 4.24. The van der Waals surface area contributed by atoms with Crippen LogP contribution in [0.2, 0.25) is 0 Å². The molecule has 114 valence electrons. The molecular weight excluding hydrogens is 262 g/mol. The lowest BCUT2D eigenvalue weighted by atomic mass is 10.00. The third-order valence-corrected chi connectivity index (χ3v) is 4.60. The Kier molecular flexibility index (Phi) is 4.00. The summed E-state index contributed by atoms with van der Waals surface area (Å²) >= 11 is 0. The van der Waals surface area contributed by atoms with E-state index >= 15 is 0 Å². The molecule has 3 N–H and O–H groups in total. The highest BCUT2D eigenvalue weighted by atomic mass is 16.2. The molecule has 4 heteroatoms. The van der Waals surface area contributed by atoms with Gasteiger partial charge in [0, 0.05) is 18.8 Å². The minimum Gasteiger partial charge on any atom is -0.324 e. The number of benzene rings is 1. The summed E-state index contributed by atoms with van der Waals surface area (Å²) < 4.78 is 0. The topological polar surface area (TPSA) is 58.4 Å². The van der Waals surface area contributed by atoms with Crippen LogP contribution in [0.4, 0.5) is 5.69 Å². The Morgan fingerprint density at radius 2 is 2.10 bits per heavy atom. The number of nitrogens with one attached hydrogen (secondary N) is 1. The van der Waals surface area contributed by atoms with Gasteiger partial charge in [0.15, 0.2) is 0 Å². The molecule has 1 unspecified atom stereocenters. The lowest BCUT2D eigenvalue weighted by Gasteiger charge is -2.30. The normalized spacial score (nSPS) is 24.6. The lowest BCUT2D eigenvalue weighted by Crippen LogP contribution is -2.37. The number of likely N-dealkylation sites (tertiary alicyclic amines) is 1. The van der Waals surface area contributed by atoms with Crippen LogP contribution < -0.4 is 11.1 Å². The molecule has 0 aromatic heterocycles. The van der Waals surface area contributed by atoms with Gasteiger partial charge in [-0.2, -0.15) is 0 Å². The van der Waals surface area contributed by atoms with Gasteiger partial charge in [-0.25, -0.2) is 0 Å². The maximum absolute atomic E-state index is 11.9. The summed E-state index contributed by atoms with van der Waals surface area (Å²) in [5.74, 6) is 0.747. The summed E-state index contributed by atoms with van der Waals surface area (Å²) in [7, 11) is 0. The Balaban J connectivity index is 1.55. The molecular formula is C17H25N3O. The van der Waals surface area contributed by atoms with Gasteiger partial charge in [0.05, 0.1) is 5.54 Å². The first-order valence-corrected chi connectivity index (χ1v) is 7.97. The number of nitrogens with zero attached hydrogens (tertiary/aromatic N) is 1. The molecule has 1 saturated carbocycles. The number of carbonyl (C=O) groups is 1. The van der Waals surface area contributed by atoms with E-state index in [1.54, 1.807) is 0 Å². The average molecular weight is 287 g/mol. The fraction of sp³-hybridized carbons (Fsp3) is 0.588. The van der Waals surface area contributed by atoms with Crippen molar-refractivity contribution in [3.8, 4) is 0 Å². The van der Waals surface area contributed by atoms with Crippen molar-refractivity contribution < 1.29 is 4.79 Å². The number of nitrogens with two attached hydrogens (primary N) is 1. The molecule has 2 fully saturated rings. The second-order valence-electron chi connectivity index (χ2n) is 6.79. The number of amides is 1. The second-order valence-corrected chi connectivity index (χ2v) is 6.79. The predicted molar refractivity (Wildman–Crippen MR) is 84.9 cm³/mol. The van der Waals surface area contributed by atoms with Crippen LogP contribution in [-0.4, -0.2) is 29.4 Å². The molecule has 4 nitrogen and oxygen atoms in total. The Bertz CT molecular complexity index is 507. The standard InChI is InChI=1S/C17H25N3O/c1-13-3-2-10-20(11-13)12-14-4-6-15(7-5-14)19-16(21)17(18)8-9-17/h4-7,13H,2-3,8-12,18H2,1H3,(H,19,21). The molecule has 1 saturated heterocycles. The highest BCUT2D eigenvalue weighted by Gasteiger charge is 2.45. The van der Waals surface area contributed by atoms with E-state index in [0.29, 0.717) is 0 Å². The highest BCUT2D eigenvalue weighted by Crippen LogP contribution is 2.33. The first kappa shape index (κ1) is 14.5. The molecule has 2 aliphatic rings. The zero-order valence-electron chi connectivity index (χ0n) is 12.8. The largest absolute Gasteiger partial charge is 0.324 e. The highest BCUT2D eigenvalue weighted by molar-refractivity contribution is 6.00. The van der Waals surface area contributed by atoms with E-state index in [4.69, 9.17) is 5.73 Å². The molecule has 1 aliphatic carbocycles. The van der Waals surface area contributed by atoms with E-state index in [1.165, 1.54) is 31.5 Å². The van der Waals surface area contributed by atoms with Gasteiger partial charge in [-0.05, 0) is 55.8 Å². The van der Waals surface area contributed by atoms with Gasteiger partial charge < -0.3 is 11.1 Å². The minimum absolute atomic E-state index is 0.0555. The van der Waals surface area contributed by atoms with Crippen molar-refractivity contribution in [2.45, 2.75) is 44.7 Å². The van der Waals surface area contributed by atoms with Gasteiger partial charge in [-0.1, -0.05) is 19.1 Å². The van der Waals surface area contributed by atoms with E-state index < -0.39 is 5.54 Å².